The summed E-state index contributed by atoms with van der Waals surface area (Å²) >= 11 is 0. The molecule has 104 valence electrons. The highest BCUT2D eigenvalue weighted by Gasteiger charge is 2.34. The van der Waals surface area contributed by atoms with Crippen LogP contribution in [0.1, 0.15) is 64.2 Å². The second-order valence-corrected chi connectivity index (χ2v) is 6.17. The number of nitrogens with one attached hydrogen (secondary N) is 1. The molecule has 0 aromatic heterocycles. The number of amides is 1. The number of carbonyl (C=O) groups excluding carboxylic acids is 1. The van der Waals surface area contributed by atoms with Gasteiger partial charge in [0, 0.05) is 6.54 Å². The van der Waals surface area contributed by atoms with Gasteiger partial charge >= 0.3 is 0 Å². The summed E-state index contributed by atoms with van der Waals surface area (Å²) in [6.45, 7) is 0.335. The molecule has 2 rings (SSSR count). The fraction of sp³-hybridized carbons (Fsp3) is 0.929. The standard InChI is InChI=1S/C14H25NO3/c16-12(10-13(17)6-4-5-7-13)15-11-14(18)8-2-1-3-9-14/h17-18H,1-11H2,(H,15,16). The summed E-state index contributed by atoms with van der Waals surface area (Å²) < 4.78 is 0. The van der Waals surface area contributed by atoms with E-state index in [0.717, 1.165) is 51.4 Å². The van der Waals surface area contributed by atoms with Crippen LogP contribution in [0.25, 0.3) is 0 Å². The van der Waals surface area contributed by atoms with E-state index in [1.807, 2.05) is 0 Å². The summed E-state index contributed by atoms with van der Waals surface area (Å²) in [7, 11) is 0. The van der Waals surface area contributed by atoms with Crippen molar-refractivity contribution in [2.24, 2.45) is 0 Å². The van der Waals surface area contributed by atoms with Crippen LogP contribution in [0.5, 0.6) is 0 Å². The Hall–Kier alpha value is -0.610. The van der Waals surface area contributed by atoms with Gasteiger partial charge in [-0.05, 0) is 25.7 Å². The van der Waals surface area contributed by atoms with Crippen LogP contribution in [-0.4, -0.2) is 33.9 Å². The Morgan fingerprint density at radius 2 is 1.39 bits per heavy atom. The third-order valence-corrected chi connectivity index (χ3v) is 4.42. The van der Waals surface area contributed by atoms with Crippen LogP contribution in [0.2, 0.25) is 0 Å². The molecule has 0 unspecified atom stereocenters. The molecule has 1 amide bonds. The van der Waals surface area contributed by atoms with Crippen molar-refractivity contribution in [3.63, 3.8) is 0 Å². The maximum Gasteiger partial charge on any atom is 0.222 e. The molecule has 0 radical (unpaired) electrons. The molecule has 4 nitrogen and oxygen atoms in total. The van der Waals surface area contributed by atoms with Crippen LogP contribution >= 0.6 is 0 Å². The molecule has 0 aliphatic heterocycles. The molecule has 0 heterocycles. The Kier molecular flexibility index (Phi) is 4.28. The first kappa shape index (κ1) is 13.8. The van der Waals surface area contributed by atoms with Gasteiger partial charge in [-0.15, -0.1) is 0 Å². The normalized spacial score (nSPS) is 25.9. The van der Waals surface area contributed by atoms with Gasteiger partial charge in [-0.1, -0.05) is 32.1 Å². The lowest BCUT2D eigenvalue weighted by Crippen LogP contribution is -2.45. The number of carbonyl (C=O) groups is 1. The third kappa shape index (κ3) is 3.69. The van der Waals surface area contributed by atoms with Crippen molar-refractivity contribution in [2.45, 2.75) is 75.4 Å². The lowest BCUT2D eigenvalue weighted by molar-refractivity contribution is -0.127. The van der Waals surface area contributed by atoms with Crippen LogP contribution in [0.15, 0.2) is 0 Å². The van der Waals surface area contributed by atoms with Gasteiger partial charge in [0.15, 0.2) is 0 Å². The van der Waals surface area contributed by atoms with E-state index in [1.54, 1.807) is 0 Å². The zero-order chi connectivity index (χ0) is 13.1. The predicted octanol–water partition coefficient (Wildman–Crippen LogP) is 1.49. The van der Waals surface area contributed by atoms with Crippen LogP contribution in [0, 0.1) is 0 Å². The van der Waals surface area contributed by atoms with Gasteiger partial charge in [-0.2, -0.15) is 0 Å². The van der Waals surface area contributed by atoms with E-state index in [4.69, 9.17) is 0 Å². The summed E-state index contributed by atoms with van der Waals surface area (Å²) in [5.74, 6) is -0.126. The summed E-state index contributed by atoms with van der Waals surface area (Å²) in [6, 6.07) is 0. The molecule has 2 aliphatic rings. The van der Waals surface area contributed by atoms with Gasteiger partial charge < -0.3 is 15.5 Å². The maximum absolute atomic E-state index is 11.8. The van der Waals surface area contributed by atoms with E-state index in [2.05, 4.69) is 5.32 Å². The monoisotopic (exact) mass is 255 g/mol. The highest BCUT2D eigenvalue weighted by atomic mass is 16.3. The summed E-state index contributed by atoms with van der Waals surface area (Å²) in [4.78, 5) is 11.8. The molecular formula is C14H25NO3. The minimum atomic E-state index is -0.792. The van der Waals surface area contributed by atoms with E-state index in [0.29, 0.717) is 6.54 Å². The van der Waals surface area contributed by atoms with E-state index >= 15 is 0 Å². The molecule has 0 spiro atoms. The Bertz CT molecular complexity index is 291. The first-order chi connectivity index (χ1) is 8.52. The third-order valence-electron chi connectivity index (χ3n) is 4.42. The molecule has 3 N–H and O–H groups in total. The van der Waals surface area contributed by atoms with Gasteiger partial charge in [-0.25, -0.2) is 0 Å². The molecule has 0 saturated heterocycles. The molecule has 2 aliphatic carbocycles. The Labute approximate surface area is 109 Å². The number of hydrogen-bond donors (Lipinski definition) is 3. The average Bonchev–Trinajstić information content (AvgIpc) is 2.74. The summed E-state index contributed by atoms with van der Waals surface area (Å²) in [6.07, 6.45) is 8.46. The molecule has 0 aromatic rings. The molecular weight excluding hydrogens is 230 g/mol. The first-order valence-electron chi connectivity index (χ1n) is 7.23. The largest absolute Gasteiger partial charge is 0.389 e. The van der Waals surface area contributed by atoms with Crippen molar-refractivity contribution >= 4 is 5.91 Å². The fourth-order valence-corrected chi connectivity index (χ4v) is 3.22. The molecule has 4 heteroatoms. The van der Waals surface area contributed by atoms with Crippen LogP contribution in [0.4, 0.5) is 0 Å². The number of hydrogen-bond acceptors (Lipinski definition) is 3. The van der Waals surface area contributed by atoms with Gasteiger partial charge in [0.25, 0.3) is 0 Å². The Morgan fingerprint density at radius 1 is 0.889 bits per heavy atom. The van der Waals surface area contributed by atoms with Crippen molar-refractivity contribution in [3.8, 4) is 0 Å². The maximum atomic E-state index is 11.8. The minimum absolute atomic E-state index is 0.126. The summed E-state index contributed by atoms with van der Waals surface area (Å²) in [5, 5.41) is 23.2. The van der Waals surface area contributed by atoms with Crippen LogP contribution < -0.4 is 5.32 Å². The molecule has 0 bridgehead atoms. The van der Waals surface area contributed by atoms with Gasteiger partial charge in [0.05, 0.1) is 17.6 Å². The number of rotatable bonds is 4. The van der Waals surface area contributed by atoms with Gasteiger partial charge in [0.2, 0.25) is 5.91 Å². The van der Waals surface area contributed by atoms with Crippen molar-refractivity contribution < 1.29 is 15.0 Å². The number of aliphatic hydroxyl groups is 2. The van der Waals surface area contributed by atoms with Crippen molar-refractivity contribution in [3.05, 3.63) is 0 Å². The Morgan fingerprint density at radius 3 is 2.00 bits per heavy atom. The van der Waals surface area contributed by atoms with E-state index in [-0.39, 0.29) is 12.3 Å². The lowest BCUT2D eigenvalue weighted by Gasteiger charge is -2.32. The molecule has 0 aromatic carbocycles. The minimum Gasteiger partial charge on any atom is -0.389 e. The molecule has 18 heavy (non-hydrogen) atoms. The zero-order valence-electron chi connectivity index (χ0n) is 11.1. The Balaban J connectivity index is 1.74. The average molecular weight is 255 g/mol. The SMILES string of the molecule is O=C(CC1(O)CCCC1)NCC1(O)CCCCC1. The highest BCUT2D eigenvalue weighted by molar-refractivity contribution is 5.77. The topological polar surface area (TPSA) is 69.6 Å². The second kappa shape index (κ2) is 5.57. The first-order valence-corrected chi connectivity index (χ1v) is 7.23. The van der Waals surface area contributed by atoms with E-state index in [9.17, 15) is 15.0 Å². The summed E-state index contributed by atoms with van der Waals surface area (Å²) in [5.41, 5.74) is -1.51. The van der Waals surface area contributed by atoms with Crippen LogP contribution in [0.3, 0.4) is 0 Å². The lowest BCUT2D eigenvalue weighted by atomic mass is 9.85. The zero-order valence-corrected chi connectivity index (χ0v) is 11.1. The van der Waals surface area contributed by atoms with E-state index < -0.39 is 11.2 Å². The highest BCUT2D eigenvalue weighted by Crippen LogP contribution is 2.32. The molecule has 0 atom stereocenters. The van der Waals surface area contributed by atoms with Gasteiger partial charge in [-0.3, -0.25) is 4.79 Å². The quantitative estimate of drug-likeness (QED) is 0.713. The van der Waals surface area contributed by atoms with Gasteiger partial charge in [0.1, 0.15) is 0 Å². The van der Waals surface area contributed by atoms with Crippen molar-refractivity contribution in [1.82, 2.24) is 5.32 Å². The van der Waals surface area contributed by atoms with E-state index in [1.165, 1.54) is 6.42 Å². The molecule has 2 fully saturated rings. The predicted molar refractivity (Wildman–Crippen MR) is 69.1 cm³/mol. The fourth-order valence-electron chi connectivity index (χ4n) is 3.22. The van der Waals surface area contributed by atoms with Crippen molar-refractivity contribution in [1.29, 1.82) is 0 Å². The smallest absolute Gasteiger partial charge is 0.222 e. The van der Waals surface area contributed by atoms with Crippen LogP contribution in [-0.2, 0) is 4.79 Å². The molecule has 2 saturated carbocycles. The van der Waals surface area contributed by atoms with Crippen molar-refractivity contribution in [2.75, 3.05) is 6.54 Å². The second-order valence-electron chi connectivity index (χ2n) is 6.17.